The zero-order valence-corrected chi connectivity index (χ0v) is 10.8. The number of carbonyl (C=O) groups is 2. The third kappa shape index (κ3) is 4.56. The predicted octanol–water partition coefficient (Wildman–Crippen LogP) is 1.83. The van der Waals surface area contributed by atoms with Gasteiger partial charge in [0.2, 0.25) is 0 Å². The van der Waals surface area contributed by atoms with Crippen LogP contribution in [0.15, 0.2) is 24.3 Å². The summed E-state index contributed by atoms with van der Waals surface area (Å²) < 4.78 is 0. The summed E-state index contributed by atoms with van der Waals surface area (Å²) in [4.78, 5) is 32.3. The lowest BCUT2D eigenvalue weighted by Gasteiger charge is -2.11. The third-order valence-electron chi connectivity index (χ3n) is 2.67. The van der Waals surface area contributed by atoms with Gasteiger partial charge in [-0.25, -0.2) is 4.79 Å². The van der Waals surface area contributed by atoms with Gasteiger partial charge in [-0.15, -0.1) is 0 Å². The van der Waals surface area contributed by atoms with E-state index in [1.165, 1.54) is 24.3 Å². The average Bonchev–Trinajstić information content (AvgIpc) is 2.39. The molecule has 0 saturated carbocycles. The quantitative estimate of drug-likeness (QED) is 0.542. The van der Waals surface area contributed by atoms with E-state index in [1.54, 1.807) is 6.92 Å². The van der Waals surface area contributed by atoms with Gasteiger partial charge in [0.25, 0.3) is 5.69 Å². The first-order chi connectivity index (χ1) is 9.43. The van der Waals surface area contributed by atoms with Gasteiger partial charge in [-0.1, -0.05) is 13.0 Å². The number of carbonyl (C=O) groups excluding carboxylic acids is 1. The number of carboxylic acids is 1. The first-order valence-electron chi connectivity index (χ1n) is 5.96. The number of hydrogen-bond acceptors (Lipinski definition) is 4. The Morgan fingerprint density at radius 3 is 2.70 bits per heavy atom. The number of nitro groups is 1. The number of benzene rings is 1. The Labute approximate surface area is 114 Å². The van der Waals surface area contributed by atoms with E-state index >= 15 is 0 Å². The molecule has 1 rings (SSSR count). The van der Waals surface area contributed by atoms with Crippen LogP contribution in [-0.4, -0.2) is 28.6 Å². The minimum atomic E-state index is -0.983. The maximum atomic E-state index is 11.6. The van der Waals surface area contributed by atoms with E-state index in [0.29, 0.717) is 6.42 Å². The van der Waals surface area contributed by atoms with Gasteiger partial charge in [-0.05, 0) is 12.5 Å². The number of carboxylic acid groups (broad SMARTS) is 1. The summed E-state index contributed by atoms with van der Waals surface area (Å²) in [6.45, 7) is 1.70. The van der Waals surface area contributed by atoms with E-state index in [1.807, 2.05) is 0 Å². The molecule has 0 aliphatic rings. The van der Waals surface area contributed by atoms with Gasteiger partial charge in [0.05, 0.1) is 10.8 Å². The number of nitrogens with one attached hydrogen (secondary N) is 2. The molecule has 108 valence electrons. The monoisotopic (exact) mass is 281 g/mol. The number of rotatable bonds is 6. The van der Waals surface area contributed by atoms with Crippen molar-refractivity contribution in [3.05, 3.63) is 34.4 Å². The van der Waals surface area contributed by atoms with Gasteiger partial charge in [0.1, 0.15) is 0 Å². The summed E-state index contributed by atoms with van der Waals surface area (Å²) in [5.41, 5.74) is 0.125. The van der Waals surface area contributed by atoms with Gasteiger partial charge in [0, 0.05) is 24.4 Å². The van der Waals surface area contributed by atoms with E-state index in [9.17, 15) is 19.7 Å². The number of hydrogen-bond donors (Lipinski definition) is 3. The zero-order valence-electron chi connectivity index (χ0n) is 10.8. The Morgan fingerprint density at radius 1 is 1.45 bits per heavy atom. The molecule has 8 heteroatoms. The fraction of sp³-hybridized carbons (Fsp3) is 0.333. The molecule has 0 aliphatic carbocycles. The number of amides is 2. The Hall–Kier alpha value is -2.64. The van der Waals surface area contributed by atoms with Crippen LogP contribution in [0.3, 0.4) is 0 Å². The fourth-order valence-electron chi connectivity index (χ4n) is 1.49. The normalized spacial score (nSPS) is 11.4. The second-order valence-corrected chi connectivity index (χ2v) is 4.09. The summed E-state index contributed by atoms with van der Waals surface area (Å²) in [6, 6.07) is 4.86. The summed E-state index contributed by atoms with van der Waals surface area (Å²) in [5, 5.41) is 24.2. The summed E-state index contributed by atoms with van der Waals surface area (Å²) in [5.74, 6) is -1.64. The molecule has 20 heavy (non-hydrogen) atoms. The van der Waals surface area contributed by atoms with Crippen molar-refractivity contribution in [1.29, 1.82) is 0 Å². The molecule has 1 atom stereocenters. The SMILES string of the molecule is CCC(CNC(=O)Nc1cccc([N+](=O)[O-])c1)C(=O)O. The van der Waals surface area contributed by atoms with E-state index in [-0.39, 0.29) is 17.9 Å². The Bertz CT molecular complexity index is 518. The van der Waals surface area contributed by atoms with Crippen molar-refractivity contribution in [3.8, 4) is 0 Å². The largest absolute Gasteiger partial charge is 0.481 e. The van der Waals surface area contributed by atoms with Crippen LogP contribution in [0.2, 0.25) is 0 Å². The lowest BCUT2D eigenvalue weighted by Crippen LogP contribution is -2.35. The molecular formula is C12H15N3O5. The second-order valence-electron chi connectivity index (χ2n) is 4.09. The van der Waals surface area contributed by atoms with Crippen molar-refractivity contribution in [2.75, 3.05) is 11.9 Å². The van der Waals surface area contributed by atoms with Crippen LogP contribution in [0.4, 0.5) is 16.2 Å². The fourth-order valence-corrected chi connectivity index (χ4v) is 1.49. The van der Waals surface area contributed by atoms with Crippen LogP contribution in [0.25, 0.3) is 0 Å². The van der Waals surface area contributed by atoms with E-state index in [4.69, 9.17) is 5.11 Å². The Balaban J connectivity index is 2.56. The van der Waals surface area contributed by atoms with Gasteiger partial charge in [-0.3, -0.25) is 14.9 Å². The Kier molecular flexibility index (Phi) is 5.45. The zero-order chi connectivity index (χ0) is 15.1. The molecule has 0 saturated heterocycles. The molecule has 1 aromatic rings. The van der Waals surface area contributed by atoms with Crippen molar-refractivity contribution < 1.29 is 19.6 Å². The third-order valence-corrected chi connectivity index (χ3v) is 2.67. The average molecular weight is 281 g/mol. The number of urea groups is 1. The van der Waals surface area contributed by atoms with Gasteiger partial charge in [0.15, 0.2) is 0 Å². The number of aliphatic carboxylic acids is 1. The molecule has 1 unspecified atom stereocenters. The lowest BCUT2D eigenvalue weighted by molar-refractivity contribution is -0.384. The smallest absolute Gasteiger partial charge is 0.319 e. The topological polar surface area (TPSA) is 122 Å². The van der Waals surface area contributed by atoms with Crippen LogP contribution in [-0.2, 0) is 4.79 Å². The van der Waals surface area contributed by atoms with E-state index < -0.39 is 22.8 Å². The van der Waals surface area contributed by atoms with Crippen molar-refractivity contribution in [3.63, 3.8) is 0 Å². The predicted molar refractivity (Wildman–Crippen MR) is 71.5 cm³/mol. The van der Waals surface area contributed by atoms with Gasteiger partial charge >= 0.3 is 12.0 Å². The van der Waals surface area contributed by atoms with Crippen LogP contribution < -0.4 is 10.6 Å². The molecule has 0 spiro atoms. The molecule has 0 radical (unpaired) electrons. The van der Waals surface area contributed by atoms with Crippen molar-refractivity contribution in [1.82, 2.24) is 5.32 Å². The maximum Gasteiger partial charge on any atom is 0.319 e. The highest BCUT2D eigenvalue weighted by atomic mass is 16.6. The molecule has 1 aromatic carbocycles. The molecule has 2 amide bonds. The summed E-state index contributed by atoms with van der Waals surface area (Å²) in [6.07, 6.45) is 0.395. The molecule has 0 aromatic heterocycles. The highest BCUT2D eigenvalue weighted by Gasteiger charge is 2.16. The highest BCUT2D eigenvalue weighted by Crippen LogP contribution is 2.16. The summed E-state index contributed by atoms with van der Waals surface area (Å²) in [7, 11) is 0. The molecule has 3 N–H and O–H groups in total. The van der Waals surface area contributed by atoms with Crippen LogP contribution in [0.5, 0.6) is 0 Å². The van der Waals surface area contributed by atoms with Gasteiger partial charge < -0.3 is 15.7 Å². The maximum absolute atomic E-state index is 11.6. The standard InChI is InChI=1S/C12H15N3O5/c1-2-8(11(16)17)7-13-12(18)14-9-4-3-5-10(6-9)15(19)20/h3-6,8H,2,7H2,1H3,(H,16,17)(H2,13,14,18). The highest BCUT2D eigenvalue weighted by molar-refractivity contribution is 5.89. The molecule has 0 fully saturated rings. The number of nitrogens with zero attached hydrogens (tertiary/aromatic N) is 1. The molecule has 0 heterocycles. The number of nitro benzene ring substituents is 1. The first-order valence-corrected chi connectivity index (χ1v) is 5.96. The van der Waals surface area contributed by atoms with Crippen molar-refractivity contribution >= 4 is 23.4 Å². The summed E-state index contributed by atoms with van der Waals surface area (Å²) >= 11 is 0. The molecule has 0 bridgehead atoms. The van der Waals surface area contributed by atoms with Crippen LogP contribution in [0, 0.1) is 16.0 Å². The van der Waals surface area contributed by atoms with Gasteiger partial charge in [-0.2, -0.15) is 0 Å². The minimum absolute atomic E-state index is 0.00735. The minimum Gasteiger partial charge on any atom is -0.481 e. The van der Waals surface area contributed by atoms with Crippen molar-refractivity contribution in [2.24, 2.45) is 5.92 Å². The molecule has 0 aliphatic heterocycles. The Morgan fingerprint density at radius 2 is 2.15 bits per heavy atom. The second kappa shape index (κ2) is 7.07. The van der Waals surface area contributed by atoms with E-state index in [0.717, 1.165) is 0 Å². The first kappa shape index (κ1) is 15.4. The number of non-ortho nitro benzene ring substituents is 1. The van der Waals surface area contributed by atoms with E-state index in [2.05, 4.69) is 10.6 Å². The van der Waals surface area contributed by atoms with Crippen LogP contribution >= 0.6 is 0 Å². The molecule has 8 nitrogen and oxygen atoms in total. The lowest BCUT2D eigenvalue weighted by atomic mass is 10.1. The van der Waals surface area contributed by atoms with Crippen LogP contribution in [0.1, 0.15) is 13.3 Å². The van der Waals surface area contributed by atoms with Crippen molar-refractivity contribution in [2.45, 2.75) is 13.3 Å². The molecular weight excluding hydrogens is 266 g/mol. The number of anilines is 1.